The van der Waals surface area contributed by atoms with Crippen LogP contribution in [0.2, 0.25) is 0 Å². The maximum Gasteiger partial charge on any atom is 0.224 e. The van der Waals surface area contributed by atoms with E-state index in [1.807, 2.05) is 0 Å². The molecule has 1 heterocycles. The summed E-state index contributed by atoms with van der Waals surface area (Å²) in [5, 5.41) is 6.09. The van der Waals surface area contributed by atoms with E-state index in [0.29, 0.717) is 12.5 Å². The third-order valence-electron chi connectivity index (χ3n) is 3.66. The second-order valence-electron chi connectivity index (χ2n) is 5.24. The maximum absolute atomic E-state index is 13.4. The van der Waals surface area contributed by atoms with Gasteiger partial charge in [-0.15, -0.1) is 12.4 Å². The Kier molecular flexibility index (Phi) is 7.61. The van der Waals surface area contributed by atoms with Gasteiger partial charge in [0, 0.05) is 12.1 Å². The lowest BCUT2D eigenvalue weighted by Crippen LogP contribution is -2.33. The first-order valence-corrected chi connectivity index (χ1v) is 7.07. The Balaban J connectivity index is 0.00000220. The maximum atomic E-state index is 13.4. The van der Waals surface area contributed by atoms with Crippen molar-refractivity contribution in [1.29, 1.82) is 0 Å². The molecule has 2 rings (SSSR count). The number of hydrogen-bond acceptors (Lipinski definition) is 2. The summed E-state index contributed by atoms with van der Waals surface area (Å²) in [7, 11) is 0. The average Bonchev–Trinajstić information content (AvgIpc) is 2.45. The highest BCUT2D eigenvalue weighted by Gasteiger charge is 2.14. The van der Waals surface area contributed by atoms with Crippen molar-refractivity contribution in [3.8, 4) is 0 Å². The Morgan fingerprint density at radius 1 is 1.38 bits per heavy atom. The quantitative estimate of drug-likeness (QED) is 0.875. The number of halogens is 3. The predicted octanol–water partition coefficient (Wildman–Crippen LogP) is 2.44. The van der Waals surface area contributed by atoms with Gasteiger partial charge in [0.1, 0.15) is 0 Å². The second-order valence-corrected chi connectivity index (χ2v) is 5.24. The third kappa shape index (κ3) is 5.59. The molecule has 1 atom stereocenters. The van der Waals surface area contributed by atoms with Crippen molar-refractivity contribution in [2.75, 3.05) is 19.6 Å². The Morgan fingerprint density at radius 2 is 2.19 bits per heavy atom. The van der Waals surface area contributed by atoms with Gasteiger partial charge < -0.3 is 10.6 Å². The molecule has 0 spiro atoms. The topological polar surface area (TPSA) is 41.1 Å². The first-order valence-electron chi connectivity index (χ1n) is 7.07. The number of rotatable bonds is 5. The fourth-order valence-electron chi connectivity index (χ4n) is 2.51. The van der Waals surface area contributed by atoms with Gasteiger partial charge in [0.2, 0.25) is 5.91 Å². The van der Waals surface area contributed by atoms with Crippen LogP contribution in [0.15, 0.2) is 18.2 Å². The van der Waals surface area contributed by atoms with E-state index in [0.717, 1.165) is 25.6 Å². The van der Waals surface area contributed by atoms with Crippen LogP contribution in [0.5, 0.6) is 0 Å². The van der Waals surface area contributed by atoms with Gasteiger partial charge >= 0.3 is 0 Å². The third-order valence-corrected chi connectivity index (χ3v) is 3.66. The summed E-state index contributed by atoms with van der Waals surface area (Å²) in [6.45, 7) is 2.65. The number of carbonyl (C=O) groups is 1. The Hall–Kier alpha value is -1.20. The highest BCUT2D eigenvalue weighted by atomic mass is 35.5. The van der Waals surface area contributed by atoms with E-state index in [4.69, 9.17) is 0 Å². The summed E-state index contributed by atoms with van der Waals surface area (Å²) in [5.74, 6) is -1.52. The van der Waals surface area contributed by atoms with Gasteiger partial charge in [-0.3, -0.25) is 4.79 Å². The Bertz CT molecular complexity index is 465. The molecule has 0 radical (unpaired) electrons. The van der Waals surface area contributed by atoms with E-state index in [2.05, 4.69) is 10.6 Å². The molecule has 1 aliphatic heterocycles. The first kappa shape index (κ1) is 17.9. The molecule has 118 valence electrons. The molecule has 6 heteroatoms. The van der Waals surface area contributed by atoms with Crippen molar-refractivity contribution < 1.29 is 13.6 Å². The lowest BCUT2D eigenvalue weighted by molar-refractivity contribution is -0.120. The zero-order valence-corrected chi connectivity index (χ0v) is 12.6. The van der Waals surface area contributed by atoms with Gasteiger partial charge in [0.05, 0.1) is 6.42 Å². The van der Waals surface area contributed by atoms with Crippen LogP contribution < -0.4 is 10.6 Å². The summed E-state index contributed by atoms with van der Waals surface area (Å²) in [4.78, 5) is 11.7. The molecule has 0 saturated carbocycles. The molecule has 1 amide bonds. The minimum atomic E-state index is -0.931. The molecule has 1 aromatic rings. The molecule has 1 saturated heterocycles. The van der Waals surface area contributed by atoms with Gasteiger partial charge in [-0.2, -0.15) is 0 Å². The first-order chi connectivity index (χ1) is 9.66. The molecule has 1 fully saturated rings. The number of piperidine rings is 1. The van der Waals surface area contributed by atoms with Gasteiger partial charge in [-0.1, -0.05) is 12.1 Å². The molecule has 0 aliphatic carbocycles. The van der Waals surface area contributed by atoms with Crippen LogP contribution >= 0.6 is 12.4 Å². The van der Waals surface area contributed by atoms with Crippen molar-refractivity contribution >= 4 is 18.3 Å². The zero-order valence-electron chi connectivity index (χ0n) is 11.8. The molecule has 21 heavy (non-hydrogen) atoms. The minimum Gasteiger partial charge on any atom is -0.356 e. The van der Waals surface area contributed by atoms with Crippen LogP contribution in [0.4, 0.5) is 8.78 Å². The summed E-state index contributed by atoms with van der Waals surface area (Å²) in [6.07, 6.45) is 3.16. The summed E-state index contributed by atoms with van der Waals surface area (Å²) < 4.78 is 26.4. The lowest BCUT2D eigenvalue weighted by atomic mass is 9.96. The standard InChI is InChI=1S/C15H20F2N2O.ClH/c16-13-5-1-4-12(15(13)17)9-14(20)19-8-6-11-3-2-7-18-10-11;/h1,4-5,11,18H,2-3,6-10H2,(H,19,20);1H. The van der Waals surface area contributed by atoms with E-state index >= 15 is 0 Å². The number of nitrogens with one attached hydrogen (secondary N) is 2. The second kappa shape index (κ2) is 8.95. The average molecular weight is 319 g/mol. The number of benzene rings is 1. The summed E-state index contributed by atoms with van der Waals surface area (Å²) in [6, 6.07) is 3.89. The highest BCUT2D eigenvalue weighted by Crippen LogP contribution is 2.14. The van der Waals surface area contributed by atoms with Crippen LogP contribution in [0.25, 0.3) is 0 Å². The number of carbonyl (C=O) groups excluding carboxylic acids is 1. The predicted molar refractivity (Wildman–Crippen MR) is 80.5 cm³/mol. The fraction of sp³-hybridized carbons (Fsp3) is 0.533. The molecular weight excluding hydrogens is 298 g/mol. The molecule has 1 unspecified atom stereocenters. The Labute approximate surface area is 129 Å². The SMILES string of the molecule is Cl.O=C(Cc1cccc(F)c1F)NCCC1CCCNC1. The van der Waals surface area contributed by atoms with Gasteiger partial charge in [0.15, 0.2) is 11.6 Å². The van der Waals surface area contributed by atoms with Crippen LogP contribution in [-0.4, -0.2) is 25.5 Å². The molecule has 1 aliphatic rings. The van der Waals surface area contributed by atoms with Crippen molar-refractivity contribution in [3.63, 3.8) is 0 Å². The van der Waals surface area contributed by atoms with Crippen molar-refractivity contribution in [2.24, 2.45) is 5.92 Å². The van der Waals surface area contributed by atoms with Crippen molar-refractivity contribution in [3.05, 3.63) is 35.4 Å². The molecule has 0 bridgehead atoms. The molecule has 3 nitrogen and oxygen atoms in total. The monoisotopic (exact) mass is 318 g/mol. The summed E-state index contributed by atoms with van der Waals surface area (Å²) in [5.41, 5.74) is 0.0989. The normalized spacial score (nSPS) is 17.9. The molecule has 1 aromatic carbocycles. The van der Waals surface area contributed by atoms with E-state index in [1.165, 1.54) is 25.0 Å². The van der Waals surface area contributed by atoms with Crippen LogP contribution in [-0.2, 0) is 11.2 Å². The van der Waals surface area contributed by atoms with E-state index in [9.17, 15) is 13.6 Å². The zero-order chi connectivity index (χ0) is 14.4. The molecule has 2 N–H and O–H groups in total. The minimum absolute atomic E-state index is 0. The number of hydrogen-bond donors (Lipinski definition) is 2. The van der Waals surface area contributed by atoms with Crippen molar-refractivity contribution in [1.82, 2.24) is 10.6 Å². The largest absolute Gasteiger partial charge is 0.356 e. The van der Waals surface area contributed by atoms with Crippen LogP contribution in [0.3, 0.4) is 0 Å². The molecule has 0 aromatic heterocycles. The van der Waals surface area contributed by atoms with Crippen LogP contribution in [0, 0.1) is 17.6 Å². The summed E-state index contributed by atoms with van der Waals surface area (Å²) >= 11 is 0. The highest BCUT2D eigenvalue weighted by molar-refractivity contribution is 5.85. The van der Waals surface area contributed by atoms with Crippen LogP contribution in [0.1, 0.15) is 24.8 Å². The van der Waals surface area contributed by atoms with Crippen molar-refractivity contribution in [2.45, 2.75) is 25.7 Å². The Morgan fingerprint density at radius 3 is 2.90 bits per heavy atom. The van der Waals surface area contributed by atoms with Gasteiger partial charge in [-0.25, -0.2) is 8.78 Å². The van der Waals surface area contributed by atoms with Gasteiger partial charge in [-0.05, 0) is 44.3 Å². The number of amides is 1. The van der Waals surface area contributed by atoms with Gasteiger partial charge in [0.25, 0.3) is 0 Å². The lowest BCUT2D eigenvalue weighted by Gasteiger charge is -2.22. The van der Waals surface area contributed by atoms with E-state index in [1.54, 1.807) is 0 Å². The smallest absolute Gasteiger partial charge is 0.224 e. The molecular formula is C15H21ClF2N2O. The van der Waals surface area contributed by atoms with E-state index in [-0.39, 0.29) is 30.3 Å². The van der Waals surface area contributed by atoms with E-state index < -0.39 is 11.6 Å². The fourth-order valence-corrected chi connectivity index (χ4v) is 2.51.